The lowest BCUT2D eigenvalue weighted by atomic mass is 9.92. The first-order valence-electron chi connectivity index (χ1n) is 10.5. The Balaban J connectivity index is 1.60. The molecule has 2 aromatic rings. The highest BCUT2D eigenvalue weighted by Gasteiger charge is 2.35. The molecule has 2 aromatic heterocycles. The van der Waals surface area contributed by atoms with Crippen molar-refractivity contribution in [3.05, 3.63) is 24.0 Å². The van der Waals surface area contributed by atoms with E-state index in [0.29, 0.717) is 50.8 Å². The highest BCUT2D eigenvalue weighted by Crippen LogP contribution is 2.34. The molecule has 1 aliphatic heterocycles. The van der Waals surface area contributed by atoms with E-state index in [9.17, 15) is 13.6 Å². The molecule has 0 atom stereocenters. The van der Waals surface area contributed by atoms with Gasteiger partial charge in [0.2, 0.25) is 5.92 Å². The monoisotopic (exact) mass is 436 g/mol. The summed E-state index contributed by atoms with van der Waals surface area (Å²) in [7, 11) is 0. The van der Waals surface area contributed by atoms with Crippen molar-refractivity contribution < 1.29 is 23.0 Å². The Bertz CT molecular complexity index is 906. The van der Waals surface area contributed by atoms with Crippen molar-refractivity contribution in [2.45, 2.75) is 44.6 Å². The third-order valence-corrected chi connectivity index (χ3v) is 5.38. The Morgan fingerprint density at radius 2 is 2.03 bits per heavy atom. The van der Waals surface area contributed by atoms with Crippen LogP contribution >= 0.6 is 0 Å². The van der Waals surface area contributed by atoms with Gasteiger partial charge in [0.1, 0.15) is 11.6 Å². The number of ether oxygens (including phenoxy) is 2. The molecule has 31 heavy (non-hydrogen) atoms. The van der Waals surface area contributed by atoms with Crippen molar-refractivity contribution in [3.8, 4) is 5.95 Å². The number of halogens is 2. The fraction of sp³-hybridized carbons (Fsp3) is 0.600. The predicted octanol–water partition coefficient (Wildman–Crippen LogP) is 2.67. The Morgan fingerprint density at radius 3 is 2.74 bits per heavy atom. The molecule has 1 aliphatic carbocycles. The summed E-state index contributed by atoms with van der Waals surface area (Å²) in [6.07, 6.45) is 2.06. The molecule has 0 bridgehead atoms. The normalized spacial score (nSPS) is 19.3. The highest BCUT2D eigenvalue weighted by atomic mass is 19.3. The van der Waals surface area contributed by atoms with Crippen molar-refractivity contribution in [1.29, 1.82) is 0 Å². The average molecular weight is 436 g/mol. The van der Waals surface area contributed by atoms with Gasteiger partial charge in [-0.1, -0.05) is 0 Å². The molecule has 0 radical (unpaired) electrons. The van der Waals surface area contributed by atoms with Gasteiger partial charge in [-0.15, -0.1) is 0 Å². The van der Waals surface area contributed by atoms with Crippen LogP contribution in [0.15, 0.2) is 18.3 Å². The lowest BCUT2D eigenvalue weighted by molar-refractivity contribution is -0.0361. The molecule has 2 aliphatic rings. The summed E-state index contributed by atoms with van der Waals surface area (Å²) in [5.74, 6) is -1.61. The zero-order valence-corrected chi connectivity index (χ0v) is 17.4. The molecule has 9 nitrogen and oxygen atoms in total. The van der Waals surface area contributed by atoms with Crippen LogP contribution in [0.3, 0.4) is 0 Å². The molecular formula is C20H26F2N6O3. The van der Waals surface area contributed by atoms with Gasteiger partial charge in [-0.05, 0) is 25.8 Å². The van der Waals surface area contributed by atoms with Crippen LogP contribution in [-0.4, -0.2) is 70.6 Å². The number of alkyl halides is 2. The van der Waals surface area contributed by atoms with Crippen LogP contribution in [0, 0.1) is 0 Å². The summed E-state index contributed by atoms with van der Waals surface area (Å²) < 4.78 is 38.8. The standard InChI is InChI=1S/C20H26F2N6O3/c1-2-31-18(29)15-5-8-28(26-15)19-24-16(23-14-3-6-20(21,22)7-4-14)13-17(25-19)27-9-11-30-12-10-27/h5,8,13-14H,2-4,6-7,9-12H2,1H3,(H,23,24,25). The number of aromatic nitrogens is 4. The van der Waals surface area contributed by atoms with Crippen LogP contribution in [0.1, 0.15) is 43.1 Å². The average Bonchev–Trinajstić information content (AvgIpc) is 3.26. The molecule has 0 amide bonds. The smallest absolute Gasteiger partial charge is 0.358 e. The van der Waals surface area contributed by atoms with Crippen LogP contribution in [0.4, 0.5) is 20.4 Å². The quantitative estimate of drug-likeness (QED) is 0.691. The summed E-state index contributed by atoms with van der Waals surface area (Å²) >= 11 is 0. The molecule has 4 rings (SSSR count). The van der Waals surface area contributed by atoms with Gasteiger partial charge in [-0.25, -0.2) is 18.3 Å². The fourth-order valence-electron chi connectivity index (χ4n) is 3.70. The zero-order valence-electron chi connectivity index (χ0n) is 17.4. The maximum atomic E-state index is 13.5. The van der Waals surface area contributed by atoms with E-state index in [-0.39, 0.29) is 37.1 Å². The van der Waals surface area contributed by atoms with Crippen molar-refractivity contribution in [2.24, 2.45) is 0 Å². The van der Waals surface area contributed by atoms with Crippen LogP contribution < -0.4 is 10.2 Å². The van der Waals surface area contributed by atoms with Crippen molar-refractivity contribution in [1.82, 2.24) is 19.7 Å². The predicted molar refractivity (Wildman–Crippen MR) is 109 cm³/mol. The molecule has 168 valence electrons. The molecular weight excluding hydrogens is 410 g/mol. The number of nitrogens with zero attached hydrogens (tertiary/aromatic N) is 5. The third-order valence-electron chi connectivity index (χ3n) is 5.38. The second-order valence-electron chi connectivity index (χ2n) is 7.65. The number of hydrogen-bond donors (Lipinski definition) is 1. The van der Waals surface area contributed by atoms with E-state index in [1.54, 1.807) is 19.2 Å². The number of morpholine rings is 1. The molecule has 3 heterocycles. The molecule has 0 spiro atoms. The Labute approximate surface area is 178 Å². The van der Waals surface area contributed by atoms with E-state index in [1.807, 2.05) is 6.07 Å². The van der Waals surface area contributed by atoms with Gasteiger partial charge < -0.3 is 19.7 Å². The molecule has 1 saturated carbocycles. The SMILES string of the molecule is CCOC(=O)c1ccn(-c2nc(NC3CCC(F)(F)CC3)cc(N3CCOCC3)n2)n1. The molecule has 1 N–H and O–H groups in total. The van der Waals surface area contributed by atoms with Crippen LogP contribution in [0.25, 0.3) is 5.95 Å². The van der Waals surface area contributed by atoms with Gasteiger partial charge in [0.15, 0.2) is 5.69 Å². The summed E-state index contributed by atoms with van der Waals surface area (Å²) in [5, 5.41) is 7.52. The van der Waals surface area contributed by atoms with Gasteiger partial charge in [-0.2, -0.15) is 15.1 Å². The number of nitrogens with one attached hydrogen (secondary N) is 1. The Morgan fingerprint density at radius 1 is 1.29 bits per heavy atom. The Kier molecular flexibility index (Phi) is 6.30. The third kappa shape index (κ3) is 5.27. The minimum Gasteiger partial charge on any atom is -0.461 e. The first kappa shape index (κ1) is 21.4. The van der Waals surface area contributed by atoms with E-state index in [0.717, 1.165) is 0 Å². The number of hydrogen-bond acceptors (Lipinski definition) is 8. The molecule has 2 fully saturated rings. The summed E-state index contributed by atoms with van der Waals surface area (Å²) in [6.45, 7) is 4.52. The number of carbonyl (C=O) groups is 1. The van der Waals surface area contributed by atoms with E-state index < -0.39 is 11.9 Å². The number of anilines is 2. The minimum absolute atomic E-state index is 0.0902. The lowest BCUT2D eigenvalue weighted by Crippen LogP contribution is -2.37. The first-order chi connectivity index (χ1) is 14.9. The van der Waals surface area contributed by atoms with E-state index in [4.69, 9.17) is 9.47 Å². The number of esters is 1. The molecule has 0 aromatic carbocycles. The van der Waals surface area contributed by atoms with Crippen LogP contribution in [-0.2, 0) is 9.47 Å². The van der Waals surface area contributed by atoms with Gasteiger partial charge >= 0.3 is 5.97 Å². The highest BCUT2D eigenvalue weighted by molar-refractivity contribution is 5.87. The largest absolute Gasteiger partial charge is 0.461 e. The second kappa shape index (κ2) is 9.13. The van der Waals surface area contributed by atoms with Crippen LogP contribution in [0.5, 0.6) is 0 Å². The maximum absolute atomic E-state index is 13.5. The fourth-order valence-corrected chi connectivity index (χ4v) is 3.70. The van der Waals surface area contributed by atoms with Gasteiger partial charge in [0.05, 0.1) is 19.8 Å². The van der Waals surface area contributed by atoms with Crippen molar-refractivity contribution in [2.75, 3.05) is 43.1 Å². The van der Waals surface area contributed by atoms with Crippen molar-refractivity contribution >= 4 is 17.6 Å². The molecule has 11 heteroatoms. The first-order valence-corrected chi connectivity index (χ1v) is 10.5. The van der Waals surface area contributed by atoms with Crippen LogP contribution in [0.2, 0.25) is 0 Å². The molecule has 0 unspecified atom stereocenters. The molecule has 1 saturated heterocycles. The second-order valence-corrected chi connectivity index (χ2v) is 7.65. The summed E-state index contributed by atoms with van der Waals surface area (Å²) in [4.78, 5) is 23.2. The van der Waals surface area contributed by atoms with Gasteiger partial charge in [-0.3, -0.25) is 0 Å². The van der Waals surface area contributed by atoms with Gasteiger partial charge in [0, 0.05) is 44.2 Å². The lowest BCUT2D eigenvalue weighted by Gasteiger charge is -2.30. The summed E-state index contributed by atoms with van der Waals surface area (Å²) in [5.41, 5.74) is 0.159. The van der Waals surface area contributed by atoms with Crippen molar-refractivity contribution in [3.63, 3.8) is 0 Å². The number of carbonyl (C=O) groups excluding carboxylic acids is 1. The van der Waals surface area contributed by atoms with E-state index in [2.05, 4.69) is 25.3 Å². The minimum atomic E-state index is -2.59. The zero-order chi connectivity index (χ0) is 21.8. The van der Waals surface area contributed by atoms with Gasteiger partial charge in [0.25, 0.3) is 5.95 Å². The summed E-state index contributed by atoms with van der Waals surface area (Å²) in [6, 6.07) is 3.27. The topological polar surface area (TPSA) is 94.4 Å². The van der Waals surface area contributed by atoms with E-state index in [1.165, 1.54) is 4.68 Å². The Hall–Kier alpha value is -2.82. The van der Waals surface area contributed by atoms with E-state index >= 15 is 0 Å². The maximum Gasteiger partial charge on any atom is 0.358 e. The number of rotatable bonds is 6.